The molecule has 0 saturated heterocycles. The van der Waals surface area contributed by atoms with Gasteiger partial charge in [-0.25, -0.2) is 0 Å². The molecular weight excluding hydrogens is 442 g/mol. The summed E-state index contributed by atoms with van der Waals surface area (Å²) in [7, 11) is 1.53. The number of hydrogen-bond acceptors (Lipinski definition) is 7. The van der Waals surface area contributed by atoms with Gasteiger partial charge in [-0.15, -0.1) is 0 Å². The highest BCUT2D eigenvalue weighted by Gasteiger charge is 2.24. The van der Waals surface area contributed by atoms with Crippen molar-refractivity contribution in [2.45, 2.75) is 26.8 Å². The molecule has 2 aromatic carbocycles. The van der Waals surface area contributed by atoms with Crippen LogP contribution in [-0.2, 0) is 17.8 Å². The van der Waals surface area contributed by atoms with E-state index in [0.29, 0.717) is 24.5 Å². The van der Waals surface area contributed by atoms with Crippen molar-refractivity contribution in [3.05, 3.63) is 84.5 Å². The fourth-order valence-electron chi connectivity index (χ4n) is 4.22. The third kappa shape index (κ3) is 4.96. The van der Waals surface area contributed by atoms with Crippen LogP contribution < -0.4 is 15.0 Å². The quantitative estimate of drug-likeness (QED) is 0.482. The molecule has 1 aliphatic heterocycles. The van der Waals surface area contributed by atoms with Crippen molar-refractivity contribution in [2.75, 3.05) is 23.9 Å². The van der Waals surface area contributed by atoms with Crippen LogP contribution >= 0.6 is 0 Å². The van der Waals surface area contributed by atoms with Crippen LogP contribution in [-0.4, -0.2) is 39.5 Å². The predicted molar refractivity (Wildman–Crippen MR) is 138 cm³/mol. The Morgan fingerprint density at radius 2 is 2.09 bits per heavy atom. The minimum atomic E-state index is -0.227. The van der Waals surface area contributed by atoms with Gasteiger partial charge in [0.15, 0.2) is 0 Å². The molecule has 2 N–H and O–H groups in total. The van der Waals surface area contributed by atoms with Gasteiger partial charge in [-0.05, 0) is 37.8 Å². The molecule has 0 fully saturated rings. The topological polar surface area (TPSA) is 90.8 Å². The molecule has 1 aliphatic rings. The monoisotopic (exact) mass is 471 g/mol. The van der Waals surface area contributed by atoms with Crippen molar-refractivity contribution in [3.8, 4) is 11.8 Å². The number of carbonyl (C=O) groups is 1. The number of ether oxygens (including phenoxy) is 1. The molecule has 1 amide bonds. The Morgan fingerprint density at radius 1 is 1.29 bits per heavy atom. The minimum absolute atomic E-state index is 0.227. The number of nitrogens with one attached hydrogen (secondary N) is 1. The summed E-state index contributed by atoms with van der Waals surface area (Å²) in [5.74, 6) is 0.639. The van der Waals surface area contributed by atoms with Crippen molar-refractivity contribution in [1.82, 2.24) is 14.9 Å². The molecule has 2 heterocycles. The number of aromatic hydroxyl groups is 1. The average Bonchev–Trinajstić information content (AvgIpc) is 2.88. The van der Waals surface area contributed by atoms with E-state index in [0.717, 1.165) is 34.3 Å². The van der Waals surface area contributed by atoms with E-state index >= 15 is 0 Å². The number of amides is 1. The first-order valence-electron chi connectivity index (χ1n) is 11.4. The second kappa shape index (κ2) is 10.3. The summed E-state index contributed by atoms with van der Waals surface area (Å²) >= 11 is 0. The van der Waals surface area contributed by atoms with E-state index in [1.54, 1.807) is 30.6 Å². The standard InChI is InChI=1S/C27H29N5O3/c1-5-12-32(25(34)6-2)18(3)16-28-26-22-11-13-31(17-23(22)29-27(30-26)35-4)24-15-20(33)14-19-9-7-8-10-21(19)24/h5-10,12,14-16,33H,2,11,13,17H2,1,3-4H3,(H,28,29,30)/b12-5?,18-16-. The summed E-state index contributed by atoms with van der Waals surface area (Å²) in [4.78, 5) is 25.0. The largest absolute Gasteiger partial charge is 0.508 e. The number of carbonyl (C=O) groups excluding carboxylic acids is 1. The van der Waals surface area contributed by atoms with E-state index in [9.17, 15) is 9.90 Å². The fourth-order valence-corrected chi connectivity index (χ4v) is 4.22. The van der Waals surface area contributed by atoms with Crippen molar-refractivity contribution in [3.63, 3.8) is 0 Å². The van der Waals surface area contributed by atoms with Gasteiger partial charge in [-0.3, -0.25) is 9.69 Å². The van der Waals surface area contributed by atoms with Crippen LogP contribution in [0.15, 0.2) is 73.2 Å². The second-order valence-corrected chi connectivity index (χ2v) is 8.17. The lowest BCUT2D eigenvalue weighted by molar-refractivity contribution is -0.122. The van der Waals surface area contributed by atoms with Crippen LogP contribution in [0.3, 0.4) is 0 Å². The minimum Gasteiger partial charge on any atom is -0.508 e. The number of fused-ring (bicyclic) bond motifs is 2. The zero-order chi connectivity index (χ0) is 24.9. The lowest BCUT2D eigenvalue weighted by atomic mass is 10.0. The van der Waals surface area contributed by atoms with Gasteiger partial charge >= 0.3 is 6.01 Å². The average molecular weight is 472 g/mol. The molecule has 0 unspecified atom stereocenters. The van der Waals surface area contributed by atoms with Crippen molar-refractivity contribution in [2.24, 2.45) is 0 Å². The van der Waals surface area contributed by atoms with Crippen LogP contribution in [0.5, 0.6) is 11.8 Å². The molecule has 8 heteroatoms. The maximum Gasteiger partial charge on any atom is 0.318 e. The summed E-state index contributed by atoms with van der Waals surface area (Å²) < 4.78 is 5.37. The molecule has 8 nitrogen and oxygen atoms in total. The Bertz CT molecular complexity index is 1330. The van der Waals surface area contributed by atoms with Gasteiger partial charge in [0.1, 0.15) is 11.6 Å². The van der Waals surface area contributed by atoms with Gasteiger partial charge in [0.25, 0.3) is 5.91 Å². The first-order chi connectivity index (χ1) is 16.9. The van der Waals surface area contributed by atoms with Crippen LogP contribution in [0, 0.1) is 0 Å². The fraction of sp³-hybridized carbons (Fsp3) is 0.222. The van der Waals surface area contributed by atoms with Crippen LogP contribution in [0.4, 0.5) is 11.5 Å². The van der Waals surface area contributed by atoms with E-state index in [-0.39, 0.29) is 17.7 Å². The Balaban J connectivity index is 1.67. The Morgan fingerprint density at radius 3 is 2.83 bits per heavy atom. The molecular formula is C27H29N5O3. The van der Waals surface area contributed by atoms with Crippen LogP contribution in [0.2, 0.25) is 0 Å². The summed E-state index contributed by atoms with van der Waals surface area (Å²) in [6.45, 7) is 8.51. The van der Waals surface area contributed by atoms with Crippen molar-refractivity contribution < 1.29 is 14.6 Å². The van der Waals surface area contributed by atoms with Gasteiger partial charge in [-0.2, -0.15) is 9.97 Å². The zero-order valence-electron chi connectivity index (χ0n) is 20.2. The number of methoxy groups -OCH3 is 1. The molecule has 0 radical (unpaired) electrons. The van der Waals surface area contributed by atoms with E-state index < -0.39 is 0 Å². The number of anilines is 2. The van der Waals surface area contributed by atoms with Crippen molar-refractivity contribution in [1.29, 1.82) is 0 Å². The number of benzene rings is 2. The number of nitrogens with zero attached hydrogens (tertiary/aromatic N) is 4. The van der Waals surface area contributed by atoms with E-state index in [1.807, 2.05) is 32.0 Å². The zero-order valence-corrected chi connectivity index (χ0v) is 20.2. The molecule has 0 bridgehead atoms. The smallest absolute Gasteiger partial charge is 0.318 e. The highest BCUT2D eigenvalue weighted by molar-refractivity contribution is 5.95. The van der Waals surface area contributed by atoms with Gasteiger partial charge in [-0.1, -0.05) is 36.9 Å². The van der Waals surface area contributed by atoms with E-state index in [4.69, 9.17) is 4.74 Å². The molecule has 4 rings (SSSR count). The summed E-state index contributed by atoms with van der Waals surface area (Å²) in [6, 6.07) is 11.8. The van der Waals surface area contributed by atoms with E-state index in [2.05, 4.69) is 32.8 Å². The number of phenols is 1. The lowest BCUT2D eigenvalue weighted by Crippen LogP contribution is -2.32. The first kappa shape index (κ1) is 23.8. The van der Waals surface area contributed by atoms with Crippen molar-refractivity contribution >= 4 is 28.2 Å². The number of hydrogen-bond donors (Lipinski definition) is 2. The summed E-state index contributed by atoms with van der Waals surface area (Å²) in [6.07, 6.45) is 7.17. The van der Waals surface area contributed by atoms with Crippen LogP contribution in [0.1, 0.15) is 25.1 Å². The Hall–Kier alpha value is -4.33. The SMILES string of the molecule is C=CC(=O)N(C=CC)/C(C)=C\Nc1nc(OC)nc2c1CCN(c1cc(O)cc3ccccc13)C2. The highest BCUT2D eigenvalue weighted by Crippen LogP contribution is 2.35. The van der Waals surface area contributed by atoms with Crippen LogP contribution in [0.25, 0.3) is 10.8 Å². The molecule has 180 valence electrons. The summed E-state index contributed by atoms with van der Waals surface area (Å²) in [5.41, 5.74) is 3.47. The molecule has 35 heavy (non-hydrogen) atoms. The molecule has 0 spiro atoms. The highest BCUT2D eigenvalue weighted by atomic mass is 16.5. The Labute approximate surface area is 204 Å². The normalized spacial score (nSPS) is 13.6. The first-order valence-corrected chi connectivity index (χ1v) is 11.4. The number of phenolic OH excluding ortho intramolecular Hbond substituents is 1. The number of rotatable bonds is 7. The third-order valence-electron chi connectivity index (χ3n) is 5.90. The molecule has 0 aliphatic carbocycles. The maximum atomic E-state index is 12.2. The maximum absolute atomic E-state index is 12.2. The third-order valence-corrected chi connectivity index (χ3v) is 5.90. The predicted octanol–water partition coefficient (Wildman–Crippen LogP) is 4.73. The van der Waals surface area contributed by atoms with Gasteiger partial charge in [0, 0.05) is 47.3 Å². The van der Waals surface area contributed by atoms with Gasteiger partial charge in [0.05, 0.1) is 19.3 Å². The number of aromatic nitrogens is 2. The lowest BCUT2D eigenvalue weighted by Gasteiger charge is -2.32. The summed E-state index contributed by atoms with van der Waals surface area (Å²) in [5, 5.41) is 15.6. The van der Waals surface area contributed by atoms with Gasteiger partial charge in [0.2, 0.25) is 0 Å². The van der Waals surface area contributed by atoms with Gasteiger partial charge < -0.3 is 20.1 Å². The second-order valence-electron chi connectivity index (χ2n) is 8.17. The molecule has 0 atom stereocenters. The molecule has 0 saturated carbocycles. The molecule has 3 aromatic rings. The van der Waals surface area contributed by atoms with E-state index in [1.165, 1.54) is 18.1 Å². The Kier molecular flexibility index (Phi) is 7.01. The molecule has 1 aromatic heterocycles. The number of allylic oxidation sites excluding steroid dienone is 2.